The number of halogens is 1. The molecule has 0 bridgehead atoms. The van der Waals surface area contributed by atoms with Crippen molar-refractivity contribution >= 4 is 33.6 Å². The van der Waals surface area contributed by atoms with Crippen molar-refractivity contribution in [2.24, 2.45) is 0 Å². The number of rotatable bonds is 5. The van der Waals surface area contributed by atoms with Crippen molar-refractivity contribution in [2.45, 2.75) is 58.1 Å². The Morgan fingerprint density at radius 2 is 2.11 bits per heavy atom. The molecular weight excluding hydrogens is 426 g/mol. The predicted octanol–water partition coefficient (Wildman–Crippen LogP) is 4.27. The fourth-order valence-electron chi connectivity index (χ4n) is 4.18. The van der Waals surface area contributed by atoms with Crippen molar-refractivity contribution in [3.63, 3.8) is 0 Å². The average molecular weight is 452 g/mol. The zero-order chi connectivity index (χ0) is 20.5. The lowest BCUT2D eigenvalue weighted by atomic mass is 9.91. The van der Waals surface area contributed by atoms with Gasteiger partial charge in [-0.1, -0.05) is 28.9 Å². The molecule has 0 unspecified atom stereocenters. The number of methoxy groups -OCH3 is 1. The third-order valence-electron chi connectivity index (χ3n) is 5.44. The molecule has 7 heteroatoms. The monoisotopic (exact) mass is 451 g/mol. The SMILES string of the molecule is CCOC(=O)OC1=C(c2c(Br)cc(C)cc2CC)C(=O)N[C@]12CC[C@@H](OC)C2. The average Bonchev–Trinajstić information content (AvgIpc) is 3.16. The molecule has 28 heavy (non-hydrogen) atoms. The quantitative estimate of drug-likeness (QED) is 0.676. The molecule has 1 heterocycles. The summed E-state index contributed by atoms with van der Waals surface area (Å²) in [6, 6.07) is 4.02. The van der Waals surface area contributed by atoms with Gasteiger partial charge in [0.25, 0.3) is 5.91 Å². The molecule has 1 fully saturated rings. The Kier molecular flexibility index (Phi) is 6.15. The van der Waals surface area contributed by atoms with Gasteiger partial charge < -0.3 is 19.5 Å². The number of hydrogen-bond donors (Lipinski definition) is 1. The first-order valence-electron chi connectivity index (χ1n) is 9.59. The van der Waals surface area contributed by atoms with Crippen molar-refractivity contribution in [1.82, 2.24) is 5.32 Å². The fourth-order valence-corrected chi connectivity index (χ4v) is 4.99. The first-order chi connectivity index (χ1) is 13.3. The number of aryl methyl sites for hydroxylation is 2. The van der Waals surface area contributed by atoms with E-state index < -0.39 is 11.7 Å². The molecule has 1 N–H and O–H groups in total. The number of carbonyl (C=O) groups excluding carboxylic acids is 2. The summed E-state index contributed by atoms with van der Waals surface area (Å²) in [6.07, 6.45) is 1.90. The van der Waals surface area contributed by atoms with Crippen molar-refractivity contribution in [3.05, 3.63) is 39.1 Å². The fraction of sp³-hybridized carbons (Fsp3) is 0.524. The van der Waals surface area contributed by atoms with Gasteiger partial charge in [-0.05, 0) is 50.3 Å². The second kappa shape index (κ2) is 8.25. The van der Waals surface area contributed by atoms with Gasteiger partial charge in [-0.25, -0.2) is 4.79 Å². The third kappa shape index (κ3) is 3.70. The lowest BCUT2D eigenvalue weighted by Gasteiger charge is -2.26. The van der Waals surface area contributed by atoms with Crippen LogP contribution in [-0.2, 0) is 25.4 Å². The van der Waals surface area contributed by atoms with Crippen LogP contribution in [0.3, 0.4) is 0 Å². The van der Waals surface area contributed by atoms with Crippen LogP contribution < -0.4 is 5.32 Å². The van der Waals surface area contributed by atoms with Crippen LogP contribution in [0.5, 0.6) is 0 Å². The lowest BCUT2D eigenvalue weighted by Crippen LogP contribution is -2.43. The molecule has 152 valence electrons. The summed E-state index contributed by atoms with van der Waals surface area (Å²) < 4.78 is 17.0. The van der Waals surface area contributed by atoms with E-state index in [9.17, 15) is 9.59 Å². The van der Waals surface area contributed by atoms with E-state index in [2.05, 4.69) is 27.3 Å². The minimum atomic E-state index is -0.798. The van der Waals surface area contributed by atoms with E-state index in [1.807, 2.05) is 19.9 Å². The maximum atomic E-state index is 13.1. The highest BCUT2D eigenvalue weighted by molar-refractivity contribution is 9.10. The molecule has 0 aromatic heterocycles. The zero-order valence-corrected chi connectivity index (χ0v) is 18.3. The van der Waals surface area contributed by atoms with E-state index in [0.29, 0.717) is 24.2 Å². The van der Waals surface area contributed by atoms with Gasteiger partial charge in [0.05, 0.1) is 18.3 Å². The Balaban J connectivity index is 2.18. The minimum absolute atomic E-state index is 0.00690. The second-order valence-electron chi connectivity index (χ2n) is 7.26. The standard InChI is InChI=1S/C21H26BrNO5/c1-5-13-9-12(3)10-15(22)16(13)17-18(28-20(25)27-6-2)21(23-19(17)24)8-7-14(11-21)26-4/h9-10,14H,5-8,11H2,1-4H3,(H,23,24)/t14-,21+/m1/s1. The first kappa shape index (κ1) is 20.9. The molecule has 1 aliphatic carbocycles. The van der Waals surface area contributed by atoms with Crippen LogP contribution in [0.15, 0.2) is 22.4 Å². The maximum Gasteiger partial charge on any atom is 0.513 e. The van der Waals surface area contributed by atoms with Gasteiger partial charge in [-0.2, -0.15) is 0 Å². The summed E-state index contributed by atoms with van der Waals surface area (Å²) in [5.41, 5.74) is 2.51. The summed E-state index contributed by atoms with van der Waals surface area (Å²) in [7, 11) is 1.66. The molecule has 6 nitrogen and oxygen atoms in total. The van der Waals surface area contributed by atoms with Crippen LogP contribution in [-0.4, -0.2) is 37.4 Å². The van der Waals surface area contributed by atoms with Gasteiger partial charge >= 0.3 is 6.16 Å². The number of carbonyl (C=O) groups is 2. The van der Waals surface area contributed by atoms with E-state index in [4.69, 9.17) is 14.2 Å². The molecule has 1 aromatic rings. The number of hydrogen-bond acceptors (Lipinski definition) is 5. The van der Waals surface area contributed by atoms with Crippen LogP contribution in [0.25, 0.3) is 5.57 Å². The summed E-state index contributed by atoms with van der Waals surface area (Å²) in [4.78, 5) is 25.3. The molecule has 3 rings (SSSR count). The van der Waals surface area contributed by atoms with Gasteiger partial charge in [-0.15, -0.1) is 0 Å². The van der Waals surface area contributed by atoms with Gasteiger partial charge in [0, 0.05) is 23.6 Å². The van der Waals surface area contributed by atoms with E-state index in [-0.39, 0.29) is 18.6 Å². The molecule has 1 saturated carbocycles. The summed E-state index contributed by atoms with van der Waals surface area (Å²) >= 11 is 3.61. The Bertz CT molecular complexity index is 834. The van der Waals surface area contributed by atoms with Crippen LogP contribution in [0.1, 0.15) is 49.8 Å². The molecule has 1 amide bonds. The Hall–Kier alpha value is -1.86. The van der Waals surface area contributed by atoms with Crippen molar-refractivity contribution in [2.75, 3.05) is 13.7 Å². The van der Waals surface area contributed by atoms with Crippen LogP contribution in [0, 0.1) is 6.92 Å². The van der Waals surface area contributed by atoms with Gasteiger partial charge in [0.15, 0.2) is 5.76 Å². The molecule has 2 aliphatic rings. The second-order valence-corrected chi connectivity index (χ2v) is 8.11. The molecule has 0 radical (unpaired) electrons. The normalized spacial score (nSPS) is 24.0. The lowest BCUT2D eigenvalue weighted by molar-refractivity contribution is -0.116. The molecule has 1 aliphatic heterocycles. The smallest absolute Gasteiger partial charge is 0.434 e. The van der Waals surface area contributed by atoms with Crippen molar-refractivity contribution in [3.8, 4) is 0 Å². The Morgan fingerprint density at radius 1 is 1.36 bits per heavy atom. The highest BCUT2D eigenvalue weighted by Gasteiger charge is 2.53. The molecule has 0 saturated heterocycles. The van der Waals surface area contributed by atoms with E-state index in [1.165, 1.54) is 0 Å². The highest BCUT2D eigenvalue weighted by atomic mass is 79.9. The third-order valence-corrected chi connectivity index (χ3v) is 6.06. The van der Waals surface area contributed by atoms with Crippen molar-refractivity contribution in [1.29, 1.82) is 0 Å². The number of nitrogens with one attached hydrogen (secondary N) is 1. The summed E-state index contributed by atoms with van der Waals surface area (Å²) in [5, 5.41) is 3.09. The number of benzene rings is 1. The van der Waals surface area contributed by atoms with Crippen LogP contribution >= 0.6 is 15.9 Å². The predicted molar refractivity (Wildman–Crippen MR) is 109 cm³/mol. The maximum absolute atomic E-state index is 13.1. The highest BCUT2D eigenvalue weighted by Crippen LogP contribution is 2.47. The van der Waals surface area contributed by atoms with E-state index in [1.54, 1.807) is 14.0 Å². The van der Waals surface area contributed by atoms with Crippen LogP contribution in [0.4, 0.5) is 4.79 Å². The first-order valence-corrected chi connectivity index (χ1v) is 10.4. The van der Waals surface area contributed by atoms with Crippen LogP contribution in [0.2, 0.25) is 0 Å². The van der Waals surface area contributed by atoms with Crippen molar-refractivity contribution < 1.29 is 23.8 Å². The molecule has 1 aromatic carbocycles. The van der Waals surface area contributed by atoms with E-state index in [0.717, 1.165) is 34.0 Å². The largest absolute Gasteiger partial charge is 0.513 e. The zero-order valence-electron chi connectivity index (χ0n) is 16.7. The molecule has 1 spiro atoms. The number of amides is 1. The Labute approximate surface area is 173 Å². The van der Waals surface area contributed by atoms with Gasteiger partial charge in [0.1, 0.15) is 5.54 Å². The molecule has 2 atom stereocenters. The Morgan fingerprint density at radius 3 is 2.71 bits per heavy atom. The van der Waals surface area contributed by atoms with Gasteiger partial charge in [0.2, 0.25) is 0 Å². The van der Waals surface area contributed by atoms with Gasteiger partial charge in [-0.3, -0.25) is 4.79 Å². The summed E-state index contributed by atoms with van der Waals surface area (Å²) in [6.45, 7) is 5.96. The summed E-state index contributed by atoms with van der Waals surface area (Å²) in [5.74, 6) is 0.102. The minimum Gasteiger partial charge on any atom is -0.434 e. The topological polar surface area (TPSA) is 73.9 Å². The number of ether oxygens (including phenoxy) is 3. The molecular formula is C21H26BrNO5. The van der Waals surface area contributed by atoms with E-state index >= 15 is 0 Å².